The summed E-state index contributed by atoms with van der Waals surface area (Å²) in [6, 6.07) is 19.7. The number of carbonyl (C=O) groups is 2. The summed E-state index contributed by atoms with van der Waals surface area (Å²) in [4.78, 5) is 28.7. The number of fused-ring (bicyclic) bond motifs is 1. The largest absolute Gasteiger partial charge is 0.503 e. The van der Waals surface area contributed by atoms with Gasteiger partial charge in [0.1, 0.15) is 17.1 Å². The molecule has 0 saturated heterocycles. The maximum atomic E-state index is 13.8. The standard InChI is InChI=1S/C29H24ClNO6/c1-3-35-21-9-5-7-17(14-21)26-25(27(32)24-15-18-13-19(30)11-12-23(18)37-24)28(33)29(34)31(26)20-8-6-10-22(16-20)36-4-2/h5-16,26,33H,3-4H2,1-2H3. The second kappa shape index (κ2) is 10.0. The molecule has 188 valence electrons. The highest BCUT2D eigenvalue weighted by molar-refractivity contribution is 6.31. The number of hydrogen-bond donors (Lipinski definition) is 1. The fourth-order valence-electron chi connectivity index (χ4n) is 4.51. The van der Waals surface area contributed by atoms with Crippen molar-refractivity contribution in [3.8, 4) is 11.5 Å². The molecule has 1 amide bonds. The number of ketones is 1. The van der Waals surface area contributed by atoms with Gasteiger partial charge in [0.15, 0.2) is 11.5 Å². The Morgan fingerprint density at radius 1 is 0.973 bits per heavy atom. The van der Waals surface area contributed by atoms with Gasteiger partial charge in [-0.05, 0) is 67.9 Å². The zero-order chi connectivity index (χ0) is 26.1. The predicted octanol–water partition coefficient (Wildman–Crippen LogP) is 6.67. The van der Waals surface area contributed by atoms with Gasteiger partial charge in [0, 0.05) is 22.2 Å². The van der Waals surface area contributed by atoms with Gasteiger partial charge in [0.2, 0.25) is 5.78 Å². The molecule has 1 aromatic heterocycles. The van der Waals surface area contributed by atoms with E-state index in [2.05, 4.69) is 0 Å². The van der Waals surface area contributed by atoms with Crippen LogP contribution in [0.5, 0.6) is 11.5 Å². The first kappa shape index (κ1) is 24.5. The minimum absolute atomic E-state index is 0.0116. The number of aliphatic hydroxyl groups is 1. The lowest BCUT2D eigenvalue weighted by atomic mass is 9.94. The molecule has 0 fully saturated rings. The molecule has 1 unspecified atom stereocenters. The lowest BCUT2D eigenvalue weighted by Crippen LogP contribution is -2.31. The maximum absolute atomic E-state index is 13.8. The molecule has 2 heterocycles. The topological polar surface area (TPSA) is 89.2 Å². The Morgan fingerprint density at radius 2 is 1.68 bits per heavy atom. The molecule has 0 saturated carbocycles. The highest BCUT2D eigenvalue weighted by Crippen LogP contribution is 2.43. The van der Waals surface area contributed by atoms with Crippen LogP contribution in [0.1, 0.15) is 36.0 Å². The van der Waals surface area contributed by atoms with E-state index in [1.54, 1.807) is 72.8 Å². The SMILES string of the molecule is CCOc1cccc(C2C(C(=O)c3cc4cc(Cl)ccc4o3)=C(O)C(=O)N2c2cccc(OCC)c2)c1. The van der Waals surface area contributed by atoms with Crippen LogP contribution in [0.15, 0.2) is 88.5 Å². The average molecular weight is 518 g/mol. The van der Waals surface area contributed by atoms with Gasteiger partial charge in [-0.2, -0.15) is 0 Å². The zero-order valence-electron chi connectivity index (χ0n) is 20.2. The molecule has 1 aliphatic heterocycles. The summed E-state index contributed by atoms with van der Waals surface area (Å²) >= 11 is 6.09. The third-order valence-corrected chi connectivity index (χ3v) is 6.28. The molecule has 1 atom stereocenters. The van der Waals surface area contributed by atoms with Crippen molar-refractivity contribution in [2.24, 2.45) is 0 Å². The lowest BCUT2D eigenvalue weighted by molar-refractivity contribution is -0.117. The van der Waals surface area contributed by atoms with E-state index in [0.29, 0.717) is 52.0 Å². The minimum Gasteiger partial charge on any atom is -0.503 e. The number of nitrogens with zero attached hydrogens (tertiary/aromatic N) is 1. The molecule has 4 aromatic rings. The van der Waals surface area contributed by atoms with Crippen LogP contribution in [0.4, 0.5) is 5.69 Å². The van der Waals surface area contributed by atoms with Crippen molar-refractivity contribution < 1.29 is 28.6 Å². The molecule has 3 aromatic carbocycles. The number of furan rings is 1. The quantitative estimate of drug-likeness (QED) is 0.263. The highest BCUT2D eigenvalue weighted by atomic mass is 35.5. The Balaban J connectivity index is 1.65. The monoisotopic (exact) mass is 517 g/mol. The van der Waals surface area contributed by atoms with Crippen LogP contribution < -0.4 is 14.4 Å². The van der Waals surface area contributed by atoms with Gasteiger partial charge < -0.3 is 19.0 Å². The second-order valence-electron chi connectivity index (χ2n) is 8.40. The lowest BCUT2D eigenvalue weighted by Gasteiger charge is -2.27. The second-order valence-corrected chi connectivity index (χ2v) is 8.83. The van der Waals surface area contributed by atoms with Crippen LogP contribution in [0.2, 0.25) is 5.02 Å². The number of Topliss-reactive ketones (excluding diaryl/α,β-unsaturated/α-hetero) is 1. The van der Waals surface area contributed by atoms with E-state index >= 15 is 0 Å². The minimum atomic E-state index is -0.936. The summed E-state index contributed by atoms with van der Waals surface area (Å²) in [5.41, 5.74) is 1.43. The maximum Gasteiger partial charge on any atom is 0.294 e. The molecule has 37 heavy (non-hydrogen) atoms. The molecule has 5 rings (SSSR count). The van der Waals surface area contributed by atoms with Crippen molar-refractivity contribution in [1.29, 1.82) is 0 Å². The smallest absolute Gasteiger partial charge is 0.294 e. The average Bonchev–Trinajstić information content (AvgIpc) is 3.43. The van der Waals surface area contributed by atoms with E-state index in [4.69, 9.17) is 25.5 Å². The Hall–Kier alpha value is -4.23. The van der Waals surface area contributed by atoms with Crippen LogP contribution in [0, 0.1) is 0 Å². The predicted molar refractivity (Wildman–Crippen MR) is 141 cm³/mol. The van der Waals surface area contributed by atoms with Gasteiger partial charge in [-0.3, -0.25) is 14.5 Å². The van der Waals surface area contributed by atoms with Gasteiger partial charge in [-0.25, -0.2) is 0 Å². The van der Waals surface area contributed by atoms with Crippen molar-refractivity contribution in [3.05, 3.63) is 100 Å². The molecule has 0 spiro atoms. The first-order chi connectivity index (χ1) is 17.9. The zero-order valence-corrected chi connectivity index (χ0v) is 21.0. The van der Waals surface area contributed by atoms with Crippen LogP contribution >= 0.6 is 11.6 Å². The molecule has 0 aliphatic carbocycles. The first-order valence-electron chi connectivity index (χ1n) is 11.9. The molecule has 8 heteroatoms. The summed E-state index contributed by atoms with van der Waals surface area (Å²) in [7, 11) is 0. The summed E-state index contributed by atoms with van der Waals surface area (Å²) in [5, 5.41) is 12.2. The van der Waals surface area contributed by atoms with E-state index in [9.17, 15) is 14.7 Å². The number of hydrogen-bond acceptors (Lipinski definition) is 6. The third-order valence-electron chi connectivity index (χ3n) is 6.05. The number of aliphatic hydroxyl groups excluding tert-OH is 1. The molecule has 1 N–H and O–H groups in total. The van der Waals surface area contributed by atoms with Crippen molar-refractivity contribution >= 4 is 39.9 Å². The Morgan fingerprint density at radius 3 is 2.41 bits per heavy atom. The van der Waals surface area contributed by atoms with Crippen molar-refractivity contribution in [2.45, 2.75) is 19.9 Å². The molecule has 0 bridgehead atoms. The van der Waals surface area contributed by atoms with Crippen molar-refractivity contribution in [2.75, 3.05) is 18.1 Å². The number of ether oxygens (including phenoxy) is 2. The summed E-state index contributed by atoms with van der Waals surface area (Å²) in [6.07, 6.45) is 0. The van der Waals surface area contributed by atoms with Crippen LogP contribution in [-0.2, 0) is 4.79 Å². The van der Waals surface area contributed by atoms with Crippen LogP contribution in [-0.4, -0.2) is 30.0 Å². The van der Waals surface area contributed by atoms with Gasteiger partial charge >= 0.3 is 0 Å². The summed E-state index contributed by atoms with van der Waals surface area (Å²) < 4.78 is 17.1. The molecule has 0 radical (unpaired) electrons. The Bertz CT molecular complexity index is 1540. The number of anilines is 1. The van der Waals surface area contributed by atoms with Crippen molar-refractivity contribution in [1.82, 2.24) is 0 Å². The number of benzene rings is 3. The molecular weight excluding hydrogens is 494 g/mol. The van der Waals surface area contributed by atoms with E-state index in [-0.39, 0.29) is 11.3 Å². The Kier molecular flexibility index (Phi) is 6.63. The normalized spacial score (nSPS) is 15.5. The summed E-state index contributed by atoms with van der Waals surface area (Å²) in [6.45, 7) is 4.62. The van der Waals surface area contributed by atoms with E-state index < -0.39 is 23.5 Å². The molecule has 7 nitrogen and oxygen atoms in total. The summed E-state index contributed by atoms with van der Waals surface area (Å²) in [5.74, 6) is -0.828. The number of amides is 1. The van der Waals surface area contributed by atoms with Gasteiger partial charge in [0.05, 0.1) is 24.8 Å². The fourth-order valence-corrected chi connectivity index (χ4v) is 4.69. The number of halogens is 1. The van der Waals surface area contributed by atoms with E-state index in [1.165, 1.54) is 4.90 Å². The number of carbonyl (C=O) groups excluding carboxylic acids is 2. The van der Waals surface area contributed by atoms with E-state index in [1.807, 2.05) is 13.8 Å². The first-order valence-corrected chi connectivity index (χ1v) is 12.2. The van der Waals surface area contributed by atoms with Crippen LogP contribution in [0.3, 0.4) is 0 Å². The van der Waals surface area contributed by atoms with Crippen LogP contribution in [0.25, 0.3) is 11.0 Å². The third kappa shape index (κ3) is 4.54. The van der Waals surface area contributed by atoms with Gasteiger partial charge in [0.25, 0.3) is 5.91 Å². The van der Waals surface area contributed by atoms with E-state index in [0.717, 1.165) is 0 Å². The highest BCUT2D eigenvalue weighted by Gasteiger charge is 2.45. The fraction of sp³-hybridized carbons (Fsp3) is 0.172. The van der Waals surface area contributed by atoms with Crippen molar-refractivity contribution in [3.63, 3.8) is 0 Å². The number of rotatable bonds is 8. The molecule has 1 aliphatic rings. The van der Waals surface area contributed by atoms with Gasteiger partial charge in [-0.15, -0.1) is 0 Å². The Labute approximate surface area is 218 Å². The van der Waals surface area contributed by atoms with Gasteiger partial charge in [-0.1, -0.05) is 29.8 Å². The molecular formula is C29H24ClNO6.